The van der Waals surface area contributed by atoms with Crippen LogP contribution in [0.3, 0.4) is 0 Å². The van der Waals surface area contributed by atoms with Crippen LogP contribution in [0.4, 0.5) is 4.39 Å². The van der Waals surface area contributed by atoms with Crippen LogP contribution < -0.4 is 5.32 Å². The Morgan fingerprint density at radius 1 is 1.47 bits per heavy atom. The zero-order valence-electron chi connectivity index (χ0n) is 9.32. The predicted octanol–water partition coefficient (Wildman–Crippen LogP) is 2.17. The van der Waals surface area contributed by atoms with Crippen molar-refractivity contribution in [2.75, 3.05) is 6.54 Å². The highest BCUT2D eigenvalue weighted by Gasteiger charge is 2.07. The van der Waals surface area contributed by atoms with Crippen LogP contribution in [0.2, 0.25) is 5.02 Å². The number of hydrogen-bond donors (Lipinski definition) is 1. The molecule has 1 N–H and O–H groups in total. The molecule has 4 nitrogen and oxygen atoms in total. The van der Waals surface area contributed by atoms with Crippen molar-refractivity contribution in [1.82, 2.24) is 20.3 Å². The van der Waals surface area contributed by atoms with E-state index in [0.29, 0.717) is 17.3 Å². The number of benzene rings is 1. The van der Waals surface area contributed by atoms with E-state index < -0.39 is 0 Å². The molecule has 0 fully saturated rings. The third-order valence-electron chi connectivity index (χ3n) is 2.25. The second-order valence-electron chi connectivity index (χ2n) is 3.53. The van der Waals surface area contributed by atoms with E-state index >= 15 is 0 Å². The lowest BCUT2D eigenvalue weighted by atomic mass is 10.3. The Morgan fingerprint density at radius 3 is 3.06 bits per heavy atom. The van der Waals surface area contributed by atoms with Gasteiger partial charge in [0.1, 0.15) is 5.82 Å². The topological polar surface area (TPSA) is 42.7 Å². The van der Waals surface area contributed by atoms with Gasteiger partial charge >= 0.3 is 0 Å². The SMILES string of the molecule is CCNCc1cn(-c2cc(F)ccc2Cl)nn1. The van der Waals surface area contributed by atoms with Gasteiger partial charge in [-0.25, -0.2) is 9.07 Å². The van der Waals surface area contributed by atoms with Crippen LogP contribution in [0, 0.1) is 5.82 Å². The van der Waals surface area contributed by atoms with Crippen LogP contribution >= 0.6 is 11.6 Å². The Balaban J connectivity index is 2.27. The van der Waals surface area contributed by atoms with Crippen molar-refractivity contribution < 1.29 is 4.39 Å². The Bertz CT molecular complexity index is 512. The zero-order chi connectivity index (χ0) is 12.3. The van der Waals surface area contributed by atoms with Crippen molar-refractivity contribution >= 4 is 11.6 Å². The van der Waals surface area contributed by atoms with Gasteiger partial charge in [-0.3, -0.25) is 0 Å². The molecule has 0 unspecified atom stereocenters. The molecule has 0 amide bonds. The first-order valence-electron chi connectivity index (χ1n) is 5.28. The van der Waals surface area contributed by atoms with E-state index in [-0.39, 0.29) is 5.82 Å². The third-order valence-corrected chi connectivity index (χ3v) is 2.57. The summed E-state index contributed by atoms with van der Waals surface area (Å²) < 4.78 is 14.6. The minimum Gasteiger partial charge on any atom is -0.311 e. The summed E-state index contributed by atoms with van der Waals surface area (Å²) >= 11 is 5.97. The maximum Gasteiger partial charge on any atom is 0.125 e. The molecule has 1 heterocycles. The first-order chi connectivity index (χ1) is 8.20. The molecule has 6 heteroatoms. The summed E-state index contributed by atoms with van der Waals surface area (Å²) in [6, 6.07) is 4.13. The Kier molecular flexibility index (Phi) is 3.71. The van der Waals surface area contributed by atoms with Gasteiger partial charge in [0.2, 0.25) is 0 Å². The number of nitrogens with zero attached hydrogens (tertiary/aromatic N) is 3. The molecule has 2 aromatic rings. The quantitative estimate of drug-likeness (QED) is 0.909. The Hall–Kier alpha value is -1.46. The number of aromatic nitrogens is 3. The van der Waals surface area contributed by atoms with Gasteiger partial charge in [-0.1, -0.05) is 23.7 Å². The molecular formula is C11H12ClFN4. The summed E-state index contributed by atoms with van der Waals surface area (Å²) in [5.74, 6) is -0.354. The highest BCUT2D eigenvalue weighted by Crippen LogP contribution is 2.20. The average molecular weight is 255 g/mol. The van der Waals surface area contributed by atoms with Gasteiger partial charge in [0.15, 0.2) is 0 Å². The van der Waals surface area contributed by atoms with Crippen LogP contribution in [0.15, 0.2) is 24.4 Å². The number of hydrogen-bond acceptors (Lipinski definition) is 3. The van der Waals surface area contributed by atoms with Gasteiger partial charge in [0.25, 0.3) is 0 Å². The fourth-order valence-electron chi connectivity index (χ4n) is 1.41. The summed E-state index contributed by atoms with van der Waals surface area (Å²) in [7, 11) is 0. The van der Waals surface area contributed by atoms with Gasteiger partial charge in [0.05, 0.1) is 22.6 Å². The summed E-state index contributed by atoms with van der Waals surface area (Å²) in [6.07, 6.45) is 1.73. The number of nitrogens with one attached hydrogen (secondary N) is 1. The second kappa shape index (κ2) is 5.25. The van der Waals surface area contributed by atoms with E-state index in [4.69, 9.17) is 11.6 Å². The average Bonchev–Trinajstić information content (AvgIpc) is 2.78. The van der Waals surface area contributed by atoms with Crippen molar-refractivity contribution in [1.29, 1.82) is 0 Å². The van der Waals surface area contributed by atoms with Crippen molar-refractivity contribution in [3.05, 3.63) is 40.9 Å². The molecule has 0 spiro atoms. The van der Waals surface area contributed by atoms with Gasteiger partial charge in [-0.15, -0.1) is 5.10 Å². The van der Waals surface area contributed by atoms with Crippen LogP contribution in [-0.2, 0) is 6.54 Å². The fourth-order valence-corrected chi connectivity index (χ4v) is 1.62. The van der Waals surface area contributed by atoms with Crippen LogP contribution in [0.1, 0.15) is 12.6 Å². The molecule has 0 aliphatic heterocycles. The maximum atomic E-state index is 13.1. The lowest BCUT2D eigenvalue weighted by Crippen LogP contribution is -2.11. The molecule has 0 bridgehead atoms. The minimum atomic E-state index is -0.354. The molecule has 0 saturated carbocycles. The highest BCUT2D eigenvalue weighted by molar-refractivity contribution is 6.32. The van der Waals surface area contributed by atoms with E-state index in [2.05, 4.69) is 15.6 Å². The molecule has 0 radical (unpaired) electrons. The fraction of sp³-hybridized carbons (Fsp3) is 0.273. The van der Waals surface area contributed by atoms with Crippen LogP contribution in [0.5, 0.6) is 0 Å². The Labute approximate surface area is 103 Å². The molecule has 0 aliphatic rings. The third kappa shape index (κ3) is 2.81. The van der Waals surface area contributed by atoms with Crippen molar-refractivity contribution in [2.24, 2.45) is 0 Å². The summed E-state index contributed by atoms with van der Waals surface area (Å²) in [5, 5.41) is 11.5. The molecule has 0 saturated heterocycles. The van der Waals surface area contributed by atoms with E-state index in [9.17, 15) is 4.39 Å². The zero-order valence-corrected chi connectivity index (χ0v) is 10.1. The lowest BCUT2D eigenvalue weighted by molar-refractivity contribution is 0.625. The van der Waals surface area contributed by atoms with Gasteiger partial charge < -0.3 is 5.32 Å². The van der Waals surface area contributed by atoms with E-state index in [1.54, 1.807) is 6.20 Å². The molecule has 90 valence electrons. The monoisotopic (exact) mass is 254 g/mol. The first kappa shape index (κ1) is 12.0. The summed E-state index contributed by atoms with van der Waals surface area (Å²) in [6.45, 7) is 3.49. The maximum absolute atomic E-state index is 13.1. The molecule has 1 aromatic carbocycles. The minimum absolute atomic E-state index is 0.354. The standard InChI is InChI=1S/C11H12ClFN4/c1-2-14-6-9-7-17(16-15-9)11-5-8(13)3-4-10(11)12/h3-5,7,14H,2,6H2,1H3. The first-order valence-corrected chi connectivity index (χ1v) is 5.66. The van der Waals surface area contributed by atoms with E-state index in [1.165, 1.54) is 22.9 Å². The molecule has 1 aromatic heterocycles. The molecular weight excluding hydrogens is 243 g/mol. The summed E-state index contributed by atoms with van der Waals surface area (Å²) in [4.78, 5) is 0. The lowest BCUT2D eigenvalue weighted by Gasteiger charge is -2.02. The van der Waals surface area contributed by atoms with Crippen molar-refractivity contribution in [2.45, 2.75) is 13.5 Å². The molecule has 2 rings (SSSR count). The van der Waals surface area contributed by atoms with Crippen molar-refractivity contribution in [3.63, 3.8) is 0 Å². The van der Waals surface area contributed by atoms with E-state index in [0.717, 1.165) is 12.2 Å². The molecule has 17 heavy (non-hydrogen) atoms. The van der Waals surface area contributed by atoms with Gasteiger partial charge in [-0.05, 0) is 18.7 Å². The van der Waals surface area contributed by atoms with Crippen molar-refractivity contribution in [3.8, 4) is 5.69 Å². The summed E-state index contributed by atoms with van der Waals surface area (Å²) in [5.41, 5.74) is 1.27. The van der Waals surface area contributed by atoms with Gasteiger partial charge in [-0.2, -0.15) is 0 Å². The largest absolute Gasteiger partial charge is 0.311 e. The van der Waals surface area contributed by atoms with Crippen LogP contribution in [0.25, 0.3) is 5.69 Å². The smallest absolute Gasteiger partial charge is 0.125 e. The van der Waals surface area contributed by atoms with Gasteiger partial charge in [0, 0.05) is 12.6 Å². The predicted molar refractivity (Wildman–Crippen MR) is 63.7 cm³/mol. The van der Waals surface area contributed by atoms with E-state index in [1.807, 2.05) is 6.92 Å². The second-order valence-corrected chi connectivity index (χ2v) is 3.94. The normalized spacial score (nSPS) is 10.8. The molecule has 0 aliphatic carbocycles. The Morgan fingerprint density at radius 2 is 2.29 bits per heavy atom. The van der Waals surface area contributed by atoms with Crippen LogP contribution in [-0.4, -0.2) is 21.5 Å². The number of halogens is 2. The number of rotatable bonds is 4. The molecule has 0 atom stereocenters. The highest BCUT2D eigenvalue weighted by atomic mass is 35.5.